The van der Waals surface area contributed by atoms with Gasteiger partial charge in [0.15, 0.2) is 0 Å². The van der Waals surface area contributed by atoms with E-state index in [-0.39, 0.29) is 18.4 Å². The van der Waals surface area contributed by atoms with Crippen molar-refractivity contribution >= 4 is 11.8 Å². The van der Waals surface area contributed by atoms with Crippen molar-refractivity contribution in [2.75, 3.05) is 26.2 Å². The van der Waals surface area contributed by atoms with Crippen molar-refractivity contribution in [1.82, 2.24) is 10.2 Å². The summed E-state index contributed by atoms with van der Waals surface area (Å²) in [6.07, 6.45) is 2.78. The van der Waals surface area contributed by atoms with E-state index in [1.54, 1.807) is 4.90 Å². The third kappa shape index (κ3) is 3.81. The van der Waals surface area contributed by atoms with Gasteiger partial charge in [-0.3, -0.25) is 9.59 Å². The molecule has 1 heterocycles. The standard InChI is InChI=1S/C11H21N3O2/c1-2-3-6-14(8-10(12)15)11(16)9-4-5-13-7-9/h9,13H,2-8H2,1H3,(H2,12,15). The number of nitrogens with one attached hydrogen (secondary N) is 1. The van der Waals surface area contributed by atoms with Crippen LogP contribution in [0.4, 0.5) is 0 Å². The third-order valence-corrected chi connectivity index (χ3v) is 2.85. The van der Waals surface area contributed by atoms with Crippen LogP contribution in [0, 0.1) is 5.92 Å². The number of unbranched alkanes of at least 4 members (excludes halogenated alkanes) is 1. The van der Waals surface area contributed by atoms with Crippen molar-refractivity contribution in [3.63, 3.8) is 0 Å². The highest BCUT2D eigenvalue weighted by Gasteiger charge is 2.27. The molecule has 16 heavy (non-hydrogen) atoms. The second kappa shape index (κ2) is 6.48. The zero-order valence-electron chi connectivity index (χ0n) is 9.87. The molecule has 0 aromatic rings. The summed E-state index contributed by atoms with van der Waals surface area (Å²) >= 11 is 0. The maximum atomic E-state index is 12.1. The second-order valence-corrected chi connectivity index (χ2v) is 4.27. The minimum absolute atomic E-state index is 0.0243. The average Bonchev–Trinajstić information content (AvgIpc) is 2.76. The van der Waals surface area contributed by atoms with Crippen molar-refractivity contribution in [3.8, 4) is 0 Å². The molecule has 0 aromatic heterocycles. The molecule has 1 aliphatic rings. The maximum absolute atomic E-state index is 12.1. The number of primary amides is 1. The third-order valence-electron chi connectivity index (χ3n) is 2.85. The van der Waals surface area contributed by atoms with Crippen LogP contribution in [0.2, 0.25) is 0 Å². The molecule has 92 valence electrons. The first-order valence-electron chi connectivity index (χ1n) is 5.93. The van der Waals surface area contributed by atoms with E-state index in [9.17, 15) is 9.59 Å². The summed E-state index contributed by atoms with van der Waals surface area (Å²) in [7, 11) is 0. The summed E-state index contributed by atoms with van der Waals surface area (Å²) in [4.78, 5) is 24.6. The van der Waals surface area contributed by atoms with Gasteiger partial charge in [-0.1, -0.05) is 13.3 Å². The fraction of sp³-hybridized carbons (Fsp3) is 0.818. The van der Waals surface area contributed by atoms with Crippen LogP contribution in [0.3, 0.4) is 0 Å². The van der Waals surface area contributed by atoms with Gasteiger partial charge in [-0.05, 0) is 19.4 Å². The fourth-order valence-electron chi connectivity index (χ4n) is 1.93. The molecule has 3 N–H and O–H groups in total. The van der Waals surface area contributed by atoms with Crippen molar-refractivity contribution in [2.24, 2.45) is 11.7 Å². The number of nitrogens with two attached hydrogens (primary N) is 1. The van der Waals surface area contributed by atoms with Crippen molar-refractivity contribution in [3.05, 3.63) is 0 Å². The van der Waals surface area contributed by atoms with Gasteiger partial charge >= 0.3 is 0 Å². The van der Waals surface area contributed by atoms with E-state index in [1.165, 1.54) is 0 Å². The molecule has 0 bridgehead atoms. The monoisotopic (exact) mass is 227 g/mol. The summed E-state index contributed by atoms with van der Waals surface area (Å²) < 4.78 is 0. The van der Waals surface area contributed by atoms with Crippen LogP contribution in [0.1, 0.15) is 26.2 Å². The maximum Gasteiger partial charge on any atom is 0.237 e. The molecule has 1 saturated heterocycles. The molecule has 5 nitrogen and oxygen atoms in total. The van der Waals surface area contributed by atoms with E-state index in [0.29, 0.717) is 6.54 Å². The number of carbonyl (C=O) groups is 2. The zero-order chi connectivity index (χ0) is 12.0. The normalized spacial score (nSPS) is 19.7. The van der Waals surface area contributed by atoms with Gasteiger partial charge in [0.1, 0.15) is 0 Å². The predicted octanol–water partition coefficient (Wildman–Crippen LogP) is -0.290. The zero-order valence-corrected chi connectivity index (χ0v) is 9.87. The van der Waals surface area contributed by atoms with Crippen LogP contribution in [0.15, 0.2) is 0 Å². The molecule has 0 aromatic carbocycles. The number of hydrogen-bond acceptors (Lipinski definition) is 3. The van der Waals surface area contributed by atoms with Crippen LogP contribution in [-0.2, 0) is 9.59 Å². The average molecular weight is 227 g/mol. The Kier molecular flexibility index (Phi) is 5.25. The number of rotatable bonds is 6. The molecule has 1 fully saturated rings. The number of nitrogens with zero attached hydrogens (tertiary/aromatic N) is 1. The van der Waals surface area contributed by atoms with Crippen LogP contribution in [-0.4, -0.2) is 42.9 Å². The largest absolute Gasteiger partial charge is 0.368 e. The highest BCUT2D eigenvalue weighted by molar-refractivity contribution is 5.85. The van der Waals surface area contributed by atoms with E-state index in [2.05, 4.69) is 12.2 Å². The molecule has 2 amide bonds. The van der Waals surface area contributed by atoms with Crippen molar-refractivity contribution in [2.45, 2.75) is 26.2 Å². The molecular formula is C11H21N3O2. The molecule has 0 aliphatic carbocycles. The van der Waals surface area contributed by atoms with Crippen LogP contribution in [0.25, 0.3) is 0 Å². The van der Waals surface area contributed by atoms with E-state index in [4.69, 9.17) is 5.73 Å². The number of hydrogen-bond donors (Lipinski definition) is 2. The van der Waals surface area contributed by atoms with Gasteiger partial charge < -0.3 is 16.0 Å². The van der Waals surface area contributed by atoms with E-state index in [0.717, 1.165) is 32.4 Å². The first kappa shape index (κ1) is 13.0. The summed E-state index contributed by atoms with van der Waals surface area (Å²) in [5, 5.41) is 3.15. The van der Waals surface area contributed by atoms with Gasteiger partial charge in [0.05, 0.1) is 12.5 Å². The molecule has 5 heteroatoms. The topological polar surface area (TPSA) is 75.4 Å². The molecule has 0 spiro atoms. The minimum atomic E-state index is -0.435. The lowest BCUT2D eigenvalue weighted by molar-refractivity contribution is -0.138. The van der Waals surface area contributed by atoms with Crippen molar-refractivity contribution < 1.29 is 9.59 Å². The Bertz CT molecular complexity index is 250. The quantitative estimate of drug-likeness (QED) is 0.654. The van der Waals surface area contributed by atoms with Gasteiger partial charge in [0.2, 0.25) is 11.8 Å². The summed E-state index contributed by atoms with van der Waals surface area (Å²) in [5.74, 6) is -0.344. The molecule has 1 unspecified atom stereocenters. The van der Waals surface area contributed by atoms with Gasteiger partial charge in [0.25, 0.3) is 0 Å². The van der Waals surface area contributed by atoms with E-state index >= 15 is 0 Å². The Balaban J connectivity index is 2.51. The molecule has 0 saturated carbocycles. The van der Waals surface area contributed by atoms with Gasteiger partial charge in [-0.25, -0.2) is 0 Å². The Labute approximate surface area is 96.4 Å². The SMILES string of the molecule is CCCCN(CC(N)=O)C(=O)C1CCNC1. The highest BCUT2D eigenvalue weighted by Crippen LogP contribution is 2.12. The van der Waals surface area contributed by atoms with Gasteiger partial charge in [-0.2, -0.15) is 0 Å². The highest BCUT2D eigenvalue weighted by atomic mass is 16.2. The molecule has 1 aliphatic heterocycles. The first-order valence-corrected chi connectivity index (χ1v) is 5.93. The molecular weight excluding hydrogens is 206 g/mol. The van der Waals surface area contributed by atoms with Crippen LogP contribution in [0.5, 0.6) is 0 Å². The first-order chi connectivity index (χ1) is 7.65. The summed E-state index contributed by atoms with van der Waals surface area (Å²) in [6.45, 7) is 4.35. The predicted molar refractivity (Wildman–Crippen MR) is 61.7 cm³/mol. The Morgan fingerprint density at radius 2 is 2.25 bits per heavy atom. The van der Waals surface area contributed by atoms with Gasteiger partial charge in [-0.15, -0.1) is 0 Å². The van der Waals surface area contributed by atoms with Gasteiger partial charge in [0, 0.05) is 13.1 Å². The Morgan fingerprint density at radius 3 is 2.75 bits per heavy atom. The van der Waals surface area contributed by atoms with Crippen LogP contribution >= 0.6 is 0 Å². The lowest BCUT2D eigenvalue weighted by Gasteiger charge is -2.23. The summed E-state index contributed by atoms with van der Waals surface area (Å²) in [5.41, 5.74) is 5.15. The Hall–Kier alpha value is -1.10. The molecule has 0 radical (unpaired) electrons. The summed E-state index contributed by atoms with van der Waals surface area (Å²) in [6, 6.07) is 0. The van der Waals surface area contributed by atoms with Crippen molar-refractivity contribution in [1.29, 1.82) is 0 Å². The number of amides is 2. The fourth-order valence-corrected chi connectivity index (χ4v) is 1.93. The molecule has 1 rings (SSSR count). The van der Waals surface area contributed by atoms with Crippen LogP contribution < -0.4 is 11.1 Å². The minimum Gasteiger partial charge on any atom is -0.368 e. The number of carbonyl (C=O) groups excluding carboxylic acids is 2. The van der Waals surface area contributed by atoms with E-state index < -0.39 is 5.91 Å². The Morgan fingerprint density at radius 1 is 1.50 bits per heavy atom. The smallest absolute Gasteiger partial charge is 0.237 e. The lowest BCUT2D eigenvalue weighted by atomic mass is 10.1. The lowest BCUT2D eigenvalue weighted by Crippen LogP contribution is -2.42. The molecule has 1 atom stereocenters. The second-order valence-electron chi connectivity index (χ2n) is 4.27. The van der Waals surface area contributed by atoms with E-state index in [1.807, 2.05) is 0 Å².